The number of benzene rings is 2. The Morgan fingerprint density at radius 3 is 2.43 bits per heavy atom. The molecule has 1 heterocycles. The van der Waals surface area contributed by atoms with E-state index < -0.39 is 0 Å². The lowest BCUT2D eigenvalue weighted by Crippen LogP contribution is -1.99. The lowest BCUT2D eigenvalue weighted by atomic mass is 10.0. The second-order valence-electron chi connectivity index (χ2n) is 5.14. The van der Waals surface area contributed by atoms with E-state index in [0.717, 1.165) is 39.8 Å². The summed E-state index contributed by atoms with van der Waals surface area (Å²) in [5.74, 6) is 0. The molecule has 0 fully saturated rings. The lowest BCUT2D eigenvalue weighted by molar-refractivity contribution is 1.07. The van der Waals surface area contributed by atoms with Crippen LogP contribution in [0.1, 0.15) is 12.5 Å². The molecule has 0 aliphatic rings. The highest BCUT2D eigenvalue weighted by Gasteiger charge is 2.08. The van der Waals surface area contributed by atoms with Crippen molar-refractivity contribution in [2.45, 2.75) is 13.5 Å². The fourth-order valence-corrected chi connectivity index (χ4v) is 2.75. The van der Waals surface area contributed by atoms with Crippen molar-refractivity contribution in [1.29, 1.82) is 0 Å². The van der Waals surface area contributed by atoms with Crippen LogP contribution in [0.4, 0.5) is 5.69 Å². The van der Waals surface area contributed by atoms with E-state index in [1.165, 1.54) is 0 Å². The summed E-state index contributed by atoms with van der Waals surface area (Å²) in [4.78, 5) is 4.40. The summed E-state index contributed by atoms with van der Waals surface area (Å²) < 4.78 is 0. The predicted octanol–water partition coefficient (Wildman–Crippen LogP) is 4.87. The Hall–Kier alpha value is -1.81. The number of aromatic nitrogens is 1. The molecule has 0 saturated carbocycles. The van der Waals surface area contributed by atoms with Gasteiger partial charge in [0.25, 0.3) is 0 Å². The zero-order chi connectivity index (χ0) is 15.5. The molecule has 3 nitrogen and oxygen atoms in total. The van der Waals surface area contributed by atoms with Crippen LogP contribution < -0.4 is 11.1 Å². The maximum Gasteiger partial charge on any atom is 0.0827 e. The quantitative estimate of drug-likeness (QED) is 0.707. The third-order valence-corrected chi connectivity index (χ3v) is 3.98. The number of fused-ring (bicyclic) bond motifs is 1. The summed E-state index contributed by atoms with van der Waals surface area (Å²) in [6.07, 6.45) is 1.69. The van der Waals surface area contributed by atoms with Gasteiger partial charge in [0.05, 0.1) is 16.2 Å². The first-order valence-corrected chi connectivity index (χ1v) is 7.72. The minimum absolute atomic E-state index is 0. The lowest BCUT2D eigenvalue weighted by Gasteiger charge is -2.11. The summed E-state index contributed by atoms with van der Waals surface area (Å²) in [5.41, 5.74) is 10.9. The van der Waals surface area contributed by atoms with Gasteiger partial charge in [-0.2, -0.15) is 0 Å². The van der Waals surface area contributed by atoms with Crippen molar-refractivity contribution in [2.24, 2.45) is 5.73 Å². The molecule has 0 aliphatic heterocycles. The number of nitrogens with zero attached hydrogens (tertiary/aromatic N) is 1. The fraction of sp³-hybridized carbons (Fsp3) is 0.167. The molecule has 3 rings (SSSR count). The summed E-state index contributed by atoms with van der Waals surface area (Å²) in [6.45, 7) is 3.42. The van der Waals surface area contributed by atoms with Crippen LogP contribution in [0.15, 0.2) is 48.7 Å². The highest BCUT2D eigenvalue weighted by Crippen LogP contribution is 2.32. The van der Waals surface area contributed by atoms with Gasteiger partial charge in [0.15, 0.2) is 0 Å². The SMILES string of the molecule is CCNc1c(Cl)cnc2ccc(-c3ccc(CN)cc3)cc12.Cl. The summed E-state index contributed by atoms with van der Waals surface area (Å²) in [6, 6.07) is 14.5. The minimum atomic E-state index is 0. The molecule has 0 unspecified atom stereocenters. The Bertz CT molecular complexity index is 801. The number of rotatable bonds is 4. The first-order chi connectivity index (χ1) is 10.7. The van der Waals surface area contributed by atoms with Gasteiger partial charge in [-0.05, 0) is 35.7 Å². The molecule has 0 atom stereocenters. The molecule has 3 aromatic rings. The van der Waals surface area contributed by atoms with Crippen LogP contribution in [0.5, 0.6) is 0 Å². The number of halogens is 2. The van der Waals surface area contributed by atoms with E-state index in [1.807, 2.05) is 6.07 Å². The number of nitrogens with one attached hydrogen (secondary N) is 1. The van der Waals surface area contributed by atoms with Crippen molar-refractivity contribution in [3.05, 3.63) is 59.2 Å². The molecule has 0 saturated heterocycles. The zero-order valence-corrected chi connectivity index (χ0v) is 14.4. The van der Waals surface area contributed by atoms with Crippen LogP contribution in [-0.2, 0) is 6.54 Å². The molecular weight excluding hydrogens is 329 g/mol. The third-order valence-electron chi connectivity index (χ3n) is 3.70. The normalized spacial score (nSPS) is 10.4. The van der Waals surface area contributed by atoms with Crippen LogP contribution in [0.25, 0.3) is 22.0 Å². The summed E-state index contributed by atoms with van der Waals surface area (Å²) in [7, 11) is 0. The van der Waals surface area contributed by atoms with E-state index in [0.29, 0.717) is 11.6 Å². The average molecular weight is 348 g/mol. The monoisotopic (exact) mass is 347 g/mol. The zero-order valence-electron chi connectivity index (χ0n) is 12.8. The maximum atomic E-state index is 6.28. The van der Waals surface area contributed by atoms with Gasteiger partial charge < -0.3 is 11.1 Å². The molecule has 0 aliphatic carbocycles. The van der Waals surface area contributed by atoms with Crippen molar-refractivity contribution in [3.63, 3.8) is 0 Å². The number of hydrogen-bond donors (Lipinski definition) is 2. The molecule has 5 heteroatoms. The molecule has 3 N–H and O–H groups in total. The standard InChI is InChI=1S/C18H18ClN3.ClH/c1-2-21-18-15-9-14(7-8-17(15)22-11-16(18)19)13-5-3-12(10-20)4-6-13;/h3-9,11H,2,10,20H2,1H3,(H,21,22);1H. The van der Waals surface area contributed by atoms with Crippen LogP contribution in [-0.4, -0.2) is 11.5 Å². The number of hydrogen-bond acceptors (Lipinski definition) is 3. The second kappa shape index (κ2) is 7.64. The topological polar surface area (TPSA) is 50.9 Å². The Balaban J connectivity index is 0.00000192. The van der Waals surface area contributed by atoms with Crippen LogP contribution in [0.2, 0.25) is 5.02 Å². The Kier molecular flexibility index (Phi) is 5.83. The maximum absolute atomic E-state index is 6.28. The van der Waals surface area contributed by atoms with Crippen molar-refractivity contribution >= 4 is 40.6 Å². The van der Waals surface area contributed by atoms with E-state index in [1.54, 1.807) is 6.20 Å². The Labute approximate surface area is 147 Å². The molecule has 120 valence electrons. The van der Waals surface area contributed by atoms with Gasteiger partial charge >= 0.3 is 0 Å². The first kappa shape index (κ1) is 17.5. The number of pyridine rings is 1. The van der Waals surface area contributed by atoms with Crippen LogP contribution >= 0.6 is 24.0 Å². The van der Waals surface area contributed by atoms with Gasteiger partial charge in [-0.1, -0.05) is 41.9 Å². The van der Waals surface area contributed by atoms with Crippen molar-refractivity contribution in [1.82, 2.24) is 4.98 Å². The molecule has 2 aromatic carbocycles. The molecule has 0 spiro atoms. The molecular formula is C18H19Cl2N3. The highest BCUT2D eigenvalue weighted by atomic mass is 35.5. The van der Waals surface area contributed by atoms with Crippen LogP contribution in [0.3, 0.4) is 0 Å². The van der Waals surface area contributed by atoms with E-state index in [4.69, 9.17) is 17.3 Å². The first-order valence-electron chi connectivity index (χ1n) is 7.34. The van der Waals surface area contributed by atoms with E-state index in [-0.39, 0.29) is 12.4 Å². The Morgan fingerprint density at radius 1 is 1.09 bits per heavy atom. The summed E-state index contributed by atoms with van der Waals surface area (Å²) in [5, 5.41) is 5.01. The molecule has 0 radical (unpaired) electrons. The predicted molar refractivity (Wildman–Crippen MR) is 101 cm³/mol. The largest absolute Gasteiger partial charge is 0.384 e. The van der Waals surface area contributed by atoms with Gasteiger partial charge in [-0.3, -0.25) is 4.98 Å². The van der Waals surface area contributed by atoms with Crippen LogP contribution in [0, 0.1) is 0 Å². The van der Waals surface area contributed by atoms with Crippen molar-refractivity contribution in [3.8, 4) is 11.1 Å². The smallest absolute Gasteiger partial charge is 0.0827 e. The van der Waals surface area contributed by atoms with E-state index >= 15 is 0 Å². The Morgan fingerprint density at radius 2 is 1.78 bits per heavy atom. The van der Waals surface area contributed by atoms with Crippen molar-refractivity contribution in [2.75, 3.05) is 11.9 Å². The molecule has 0 bridgehead atoms. The van der Waals surface area contributed by atoms with E-state index in [2.05, 4.69) is 53.6 Å². The van der Waals surface area contributed by atoms with Crippen molar-refractivity contribution < 1.29 is 0 Å². The van der Waals surface area contributed by atoms with Gasteiger partial charge in [0, 0.05) is 24.7 Å². The molecule has 23 heavy (non-hydrogen) atoms. The second-order valence-corrected chi connectivity index (χ2v) is 5.55. The third kappa shape index (κ3) is 3.58. The number of anilines is 1. The molecule has 1 aromatic heterocycles. The van der Waals surface area contributed by atoms with Gasteiger partial charge in [-0.15, -0.1) is 12.4 Å². The minimum Gasteiger partial charge on any atom is -0.384 e. The fourth-order valence-electron chi connectivity index (χ4n) is 2.54. The number of nitrogens with two attached hydrogens (primary N) is 1. The van der Waals surface area contributed by atoms with E-state index in [9.17, 15) is 0 Å². The average Bonchev–Trinajstić information content (AvgIpc) is 2.57. The van der Waals surface area contributed by atoms with Gasteiger partial charge in [0.1, 0.15) is 0 Å². The van der Waals surface area contributed by atoms with Gasteiger partial charge in [-0.25, -0.2) is 0 Å². The van der Waals surface area contributed by atoms with Gasteiger partial charge in [0.2, 0.25) is 0 Å². The summed E-state index contributed by atoms with van der Waals surface area (Å²) >= 11 is 6.28. The highest BCUT2D eigenvalue weighted by molar-refractivity contribution is 6.34. The molecule has 0 amide bonds.